The van der Waals surface area contributed by atoms with Gasteiger partial charge in [0.1, 0.15) is 0 Å². The Morgan fingerprint density at radius 1 is 1.14 bits per heavy atom. The van der Waals surface area contributed by atoms with Crippen molar-refractivity contribution in [1.82, 2.24) is 9.62 Å². The largest absolute Gasteiger partial charge is 0.342 e. The van der Waals surface area contributed by atoms with E-state index in [1.165, 1.54) is 6.92 Å². The standard InChI is InChI=1S/C15H24N2O3S/c1-3-4-8-12-17(14(2)18)13-11-16-21(19,20)15-9-6-5-7-10-15/h5-7,9-10,16H,3-4,8,11-13H2,1-2H3. The molecule has 0 saturated carbocycles. The van der Waals surface area contributed by atoms with Gasteiger partial charge in [-0.05, 0) is 18.6 Å². The van der Waals surface area contributed by atoms with Crippen molar-refractivity contribution in [2.45, 2.75) is 38.0 Å². The molecule has 0 spiro atoms. The molecule has 21 heavy (non-hydrogen) atoms. The first-order valence-corrected chi connectivity index (χ1v) is 8.76. The van der Waals surface area contributed by atoms with Crippen molar-refractivity contribution in [1.29, 1.82) is 0 Å². The molecule has 0 bridgehead atoms. The molecular formula is C15H24N2O3S. The first-order chi connectivity index (χ1) is 9.97. The summed E-state index contributed by atoms with van der Waals surface area (Å²) in [6, 6.07) is 8.23. The molecule has 1 aromatic carbocycles. The predicted octanol–water partition coefficient (Wildman–Crippen LogP) is 2.00. The zero-order valence-corrected chi connectivity index (χ0v) is 13.5. The molecule has 0 unspecified atom stereocenters. The van der Waals surface area contributed by atoms with E-state index in [0.717, 1.165) is 19.3 Å². The number of carbonyl (C=O) groups excluding carboxylic acids is 1. The van der Waals surface area contributed by atoms with Gasteiger partial charge in [0.15, 0.2) is 0 Å². The van der Waals surface area contributed by atoms with Crippen LogP contribution in [0.4, 0.5) is 0 Å². The second-order valence-corrected chi connectivity index (χ2v) is 6.69. The highest BCUT2D eigenvalue weighted by Crippen LogP contribution is 2.06. The first-order valence-electron chi connectivity index (χ1n) is 7.27. The lowest BCUT2D eigenvalue weighted by atomic mass is 10.2. The van der Waals surface area contributed by atoms with Crippen molar-refractivity contribution in [2.24, 2.45) is 0 Å². The summed E-state index contributed by atoms with van der Waals surface area (Å²) in [6.45, 7) is 4.91. The van der Waals surface area contributed by atoms with Gasteiger partial charge in [0.05, 0.1) is 4.90 Å². The van der Waals surface area contributed by atoms with E-state index < -0.39 is 10.0 Å². The van der Waals surface area contributed by atoms with Crippen molar-refractivity contribution in [2.75, 3.05) is 19.6 Å². The number of nitrogens with zero attached hydrogens (tertiary/aromatic N) is 1. The molecule has 1 aromatic rings. The van der Waals surface area contributed by atoms with Crippen LogP contribution in [-0.2, 0) is 14.8 Å². The maximum Gasteiger partial charge on any atom is 0.240 e. The number of rotatable bonds is 9. The summed E-state index contributed by atoms with van der Waals surface area (Å²) in [4.78, 5) is 13.4. The van der Waals surface area contributed by atoms with Gasteiger partial charge in [-0.15, -0.1) is 0 Å². The minimum Gasteiger partial charge on any atom is -0.342 e. The summed E-state index contributed by atoms with van der Waals surface area (Å²) in [5.41, 5.74) is 0. The number of unbranched alkanes of at least 4 members (excludes halogenated alkanes) is 2. The van der Waals surface area contributed by atoms with Crippen LogP contribution in [0.2, 0.25) is 0 Å². The average molecular weight is 312 g/mol. The van der Waals surface area contributed by atoms with Crippen LogP contribution in [0.25, 0.3) is 0 Å². The lowest BCUT2D eigenvalue weighted by Crippen LogP contribution is -2.38. The fraction of sp³-hybridized carbons (Fsp3) is 0.533. The second kappa shape index (κ2) is 8.79. The van der Waals surface area contributed by atoms with Gasteiger partial charge in [0.25, 0.3) is 0 Å². The molecule has 0 aliphatic carbocycles. The molecule has 0 radical (unpaired) electrons. The number of amides is 1. The Bertz CT molecular complexity index is 529. The molecule has 6 heteroatoms. The third kappa shape index (κ3) is 6.27. The fourth-order valence-corrected chi connectivity index (χ4v) is 3.02. The van der Waals surface area contributed by atoms with E-state index >= 15 is 0 Å². The summed E-state index contributed by atoms with van der Waals surface area (Å²) in [5, 5.41) is 0. The summed E-state index contributed by atoms with van der Waals surface area (Å²) in [7, 11) is -3.49. The SMILES string of the molecule is CCCCCN(CCNS(=O)(=O)c1ccccc1)C(C)=O. The third-order valence-corrected chi connectivity index (χ3v) is 4.68. The molecule has 0 fully saturated rings. The van der Waals surface area contributed by atoms with Gasteiger partial charge in [-0.1, -0.05) is 38.0 Å². The Kier molecular flexibility index (Phi) is 7.39. The zero-order valence-electron chi connectivity index (χ0n) is 12.7. The first kappa shape index (κ1) is 17.7. The Labute approximate surface area is 127 Å². The summed E-state index contributed by atoms with van der Waals surface area (Å²) < 4.78 is 26.6. The van der Waals surface area contributed by atoms with E-state index in [1.54, 1.807) is 35.2 Å². The Balaban J connectivity index is 2.48. The van der Waals surface area contributed by atoms with Gasteiger partial charge in [-0.3, -0.25) is 4.79 Å². The molecule has 0 aromatic heterocycles. The number of hydrogen-bond acceptors (Lipinski definition) is 3. The van der Waals surface area contributed by atoms with Crippen LogP contribution < -0.4 is 4.72 Å². The van der Waals surface area contributed by atoms with E-state index in [0.29, 0.717) is 13.1 Å². The van der Waals surface area contributed by atoms with Crippen LogP contribution in [0, 0.1) is 0 Å². The van der Waals surface area contributed by atoms with Gasteiger partial charge in [-0.2, -0.15) is 0 Å². The molecule has 1 amide bonds. The van der Waals surface area contributed by atoms with Gasteiger partial charge in [-0.25, -0.2) is 13.1 Å². The maximum atomic E-state index is 12.0. The molecule has 1 N–H and O–H groups in total. The molecule has 1 rings (SSSR count). The normalized spacial score (nSPS) is 11.3. The topological polar surface area (TPSA) is 66.5 Å². The number of carbonyl (C=O) groups is 1. The predicted molar refractivity (Wildman–Crippen MR) is 83.4 cm³/mol. The van der Waals surface area contributed by atoms with Gasteiger partial charge in [0.2, 0.25) is 15.9 Å². The van der Waals surface area contributed by atoms with E-state index in [4.69, 9.17) is 0 Å². The van der Waals surface area contributed by atoms with E-state index in [9.17, 15) is 13.2 Å². The molecule has 0 heterocycles. The molecule has 0 atom stereocenters. The van der Waals surface area contributed by atoms with Crippen LogP contribution in [0.1, 0.15) is 33.1 Å². The summed E-state index contributed by atoms with van der Waals surface area (Å²) in [6.07, 6.45) is 3.10. The van der Waals surface area contributed by atoms with Gasteiger partial charge in [0, 0.05) is 26.6 Å². The zero-order chi connectivity index (χ0) is 15.7. The molecule has 118 valence electrons. The van der Waals surface area contributed by atoms with Crippen molar-refractivity contribution in [3.63, 3.8) is 0 Å². The van der Waals surface area contributed by atoms with E-state index in [-0.39, 0.29) is 17.3 Å². The van der Waals surface area contributed by atoms with Crippen molar-refractivity contribution >= 4 is 15.9 Å². The Morgan fingerprint density at radius 3 is 2.38 bits per heavy atom. The van der Waals surface area contributed by atoms with Gasteiger partial charge >= 0.3 is 0 Å². The Hall–Kier alpha value is -1.40. The average Bonchev–Trinajstić information content (AvgIpc) is 2.46. The van der Waals surface area contributed by atoms with Crippen LogP contribution in [-0.4, -0.2) is 38.9 Å². The van der Waals surface area contributed by atoms with Crippen molar-refractivity contribution in [3.05, 3.63) is 30.3 Å². The lowest BCUT2D eigenvalue weighted by molar-refractivity contribution is -0.128. The number of sulfonamides is 1. The van der Waals surface area contributed by atoms with Crippen LogP contribution in [0.5, 0.6) is 0 Å². The maximum absolute atomic E-state index is 12.0. The summed E-state index contributed by atoms with van der Waals surface area (Å²) in [5.74, 6) is -0.0231. The number of benzene rings is 1. The molecule has 0 aliphatic rings. The molecule has 0 saturated heterocycles. The quantitative estimate of drug-likeness (QED) is 0.709. The van der Waals surface area contributed by atoms with E-state index in [2.05, 4.69) is 11.6 Å². The highest BCUT2D eigenvalue weighted by Gasteiger charge is 2.14. The number of hydrogen-bond donors (Lipinski definition) is 1. The van der Waals surface area contributed by atoms with Crippen LogP contribution in [0.3, 0.4) is 0 Å². The van der Waals surface area contributed by atoms with Crippen molar-refractivity contribution < 1.29 is 13.2 Å². The monoisotopic (exact) mass is 312 g/mol. The fourth-order valence-electron chi connectivity index (χ4n) is 1.98. The minimum absolute atomic E-state index is 0.0231. The molecule has 0 aliphatic heterocycles. The highest BCUT2D eigenvalue weighted by atomic mass is 32.2. The third-order valence-electron chi connectivity index (χ3n) is 3.20. The van der Waals surface area contributed by atoms with Crippen LogP contribution in [0.15, 0.2) is 35.2 Å². The molecular weight excluding hydrogens is 288 g/mol. The Morgan fingerprint density at radius 2 is 1.81 bits per heavy atom. The highest BCUT2D eigenvalue weighted by molar-refractivity contribution is 7.89. The molecule has 5 nitrogen and oxygen atoms in total. The summed E-state index contributed by atoms with van der Waals surface area (Å²) >= 11 is 0. The second-order valence-electron chi connectivity index (χ2n) is 4.92. The number of nitrogens with one attached hydrogen (secondary N) is 1. The van der Waals surface area contributed by atoms with Crippen LogP contribution >= 0.6 is 0 Å². The van der Waals surface area contributed by atoms with Gasteiger partial charge < -0.3 is 4.90 Å². The van der Waals surface area contributed by atoms with E-state index in [1.807, 2.05) is 0 Å². The van der Waals surface area contributed by atoms with Crippen molar-refractivity contribution in [3.8, 4) is 0 Å². The smallest absolute Gasteiger partial charge is 0.240 e. The minimum atomic E-state index is -3.49. The lowest BCUT2D eigenvalue weighted by Gasteiger charge is -2.21.